The minimum Gasteiger partial charge on any atom is -0.467 e. The lowest BCUT2D eigenvalue weighted by Crippen LogP contribution is -2.63. The van der Waals surface area contributed by atoms with E-state index in [0.29, 0.717) is 30.6 Å². The normalized spacial score (nSPS) is 19.4. The van der Waals surface area contributed by atoms with Crippen molar-refractivity contribution in [3.8, 4) is 0 Å². The first kappa shape index (κ1) is 76.9. The standard InChI is InChI=1S/C76H101N9O14S/c1-45(82(14)71(95)98-74(6,7)8)62(87)41-57(73(3,4)5)69(93)85-43-54(40-61(85)68(92)80-59-29-21-25-48-23-17-19-27-56(48)59)78-66(90)50-32-30-49(31-33-50)65(89)77-53-35-34-51-39-60(67(91)79-58-28-20-24-47-22-16-18-26-55(47)58)84(42-52(51)38-53)70(94)63(76(12,13)100-37-36-97-44-86)81-64(88)46(2)83(15)72(96)99-75(9,10)11/h16-19,22-23,26-27,30-35,38,44-46,54,57-61,63H,20-21,24-25,28-29,36-37,39-43H2,1-15H3,(H,77,89)(H,78,90)(H,79,91)(H,80,92)(H,81,88)/t45-,46-,54?,57+,58+,59?,60?,61-,63+/m0/s1. The molecule has 4 aromatic rings. The maximum atomic E-state index is 15.6. The summed E-state index contributed by atoms with van der Waals surface area (Å²) in [4.78, 5) is 160. The Bertz CT molecular complexity index is 3710. The maximum absolute atomic E-state index is 15.6. The van der Waals surface area contributed by atoms with Gasteiger partial charge in [-0.2, -0.15) is 0 Å². The molecule has 0 bridgehead atoms. The van der Waals surface area contributed by atoms with E-state index in [-0.39, 0.29) is 73.7 Å². The number of hydrogen-bond donors (Lipinski definition) is 5. The van der Waals surface area contributed by atoms with Crippen molar-refractivity contribution in [3.05, 3.63) is 136 Å². The third kappa shape index (κ3) is 19.4. The quantitative estimate of drug-likeness (QED) is 0.0262. The molecule has 0 spiro atoms. The summed E-state index contributed by atoms with van der Waals surface area (Å²) in [5, 5.41) is 15.4. The third-order valence-electron chi connectivity index (χ3n) is 19.3. The second kappa shape index (κ2) is 32.2. The van der Waals surface area contributed by atoms with Gasteiger partial charge in [-0.25, -0.2) is 9.59 Å². The zero-order chi connectivity index (χ0) is 73.3. The van der Waals surface area contributed by atoms with Crippen LogP contribution in [0, 0.1) is 11.3 Å². The molecule has 2 aliphatic carbocycles. The van der Waals surface area contributed by atoms with Crippen molar-refractivity contribution in [2.75, 3.05) is 38.3 Å². The lowest BCUT2D eigenvalue weighted by Gasteiger charge is -2.42. The Morgan fingerprint density at radius 2 is 1.15 bits per heavy atom. The molecule has 0 saturated carbocycles. The van der Waals surface area contributed by atoms with Gasteiger partial charge in [0.1, 0.15) is 42.0 Å². The van der Waals surface area contributed by atoms with Crippen molar-refractivity contribution < 1.29 is 67.0 Å². The average Bonchev–Trinajstić information content (AvgIpc) is 0.860. The molecule has 2 heterocycles. The van der Waals surface area contributed by atoms with Gasteiger partial charge in [-0.15, -0.1) is 11.8 Å². The molecule has 9 atom stereocenters. The van der Waals surface area contributed by atoms with Gasteiger partial charge >= 0.3 is 12.2 Å². The number of nitrogens with one attached hydrogen (secondary N) is 5. The molecule has 1 saturated heterocycles. The number of hydrogen-bond acceptors (Lipinski definition) is 15. The first-order chi connectivity index (χ1) is 46.9. The molecular weight excluding hydrogens is 1290 g/mol. The number of likely N-dealkylation sites (tertiary alicyclic amines) is 1. The van der Waals surface area contributed by atoms with Gasteiger partial charge in [-0.1, -0.05) is 75.4 Å². The van der Waals surface area contributed by atoms with Gasteiger partial charge in [-0.3, -0.25) is 48.1 Å². The number of fused-ring (bicyclic) bond motifs is 3. The topological polar surface area (TPSA) is 289 Å². The fraction of sp³-hybridized carbons (Fsp3) is 0.539. The largest absolute Gasteiger partial charge is 0.467 e. The van der Waals surface area contributed by atoms with Crippen LogP contribution in [0.3, 0.4) is 0 Å². The van der Waals surface area contributed by atoms with E-state index in [2.05, 4.69) is 26.6 Å². The number of anilines is 1. The van der Waals surface area contributed by atoms with E-state index in [1.54, 1.807) is 80.5 Å². The van der Waals surface area contributed by atoms with E-state index in [4.69, 9.17) is 14.2 Å². The lowest BCUT2D eigenvalue weighted by atomic mass is 9.76. The predicted octanol–water partition coefficient (Wildman–Crippen LogP) is 9.58. The van der Waals surface area contributed by atoms with Crippen molar-refractivity contribution in [1.29, 1.82) is 0 Å². The van der Waals surface area contributed by atoms with Crippen LogP contribution < -0.4 is 26.6 Å². The van der Waals surface area contributed by atoms with Gasteiger partial charge in [-0.05, 0) is 189 Å². The summed E-state index contributed by atoms with van der Waals surface area (Å²) in [7, 11) is 2.90. The highest BCUT2D eigenvalue weighted by Crippen LogP contribution is 2.38. The molecule has 0 aromatic heterocycles. The van der Waals surface area contributed by atoms with E-state index in [1.807, 2.05) is 69.3 Å². The highest BCUT2D eigenvalue weighted by atomic mass is 32.2. The highest BCUT2D eigenvalue weighted by molar-refractivity contribution is 8.00. The van der Waals surface area contributed by atoms with E-state index in [1.165, 1.54) is 71.7 Å². The Morgan fingerprint density at radius 1 is 0.620 bits per heavy atom. The molecule has 5 N–H and O–H groups in total. The number of rotatable bonds is 23. The summed E-state index contributed by atoms with van der Waals surface area (Å²) in [6.45, 7) is 22.6. The molecule has 540 valence electrons. The lowest BCUT2D eigenvalue weighted by molar-refractivity contribution is -0.146. The van der Waals surface area contributed by atoms with Crippen LogP contribution in [-0.2, 0) is 73.6 Å². The molecule has 1 fully saturated rings. The van der Waals surface area contributed by atoms with Crippen LogP contribution >= 0.6 is 11.8 Å². The fourth-order valence-corrected chi connectivity index (χ4v) is 14.3. The number of nitrogens with zero attached hydrogens (tertiary/aromatic N) is 4. The average molecular weight is 1400 g/mol. The fourth-order valence-electron chi connectivity index (χ4n) is 13.3. The molecule has 2 aliphatic heterocycles. The maximum Gasteiger partial charge on any atom is 0.410 e. The van der Waals surface area contributed by atoms with E-state index >= 15 is 9.59 Å². The third-order valence-corrected chi connectivity index (χ3v) is 20.6. The molecule has 100 heavy (non-hydrogen) atoms. The number of ketones is 1. The second-order valence-corrected chi connectivity index (χ2v) is 32.2. The molecule has 0 radical (unpaired) electrons. The number of ether oxygens (including phenoxy) is 3. The van der Waals surface area contributed by atoms with Crippen LogP contribution in [0.2, 0.25) is 0 Å². The Balaban J connectivity index is 1.01. The number of Topliss-reactive ketones (excluding diaryl/α,β-unsaturated/α-hetero) is 1. The minimum absolute atomic E-state index is 0.0135. The zero-order valence-corrected chi connectivity index (χ0v) is 61.4. The highest BCUT2D eigenvalue weighted by Gasteiger charge is 2.48. The number of amides is 9. The van der Waals surface area contributed by atoms with E-state index in [9.17, 15) is 43.2 Å². The summed E-state index contributed by atoms with van der Waals surface area (Å²) >= 11 is 1.27. The number of benzene rings is 4. The SMILES string of the molecule is C[C@@H](C(=O)C[C@H](C(=O)N1CC(NC(=O)c2ccc(C(=O)Nc3ccc4c(c3)CN(C(=O)[C@@H](NC(=O)[C@H](C)N(C)C(=O)OC(C)(C)C)C(C)(C)SCCOC=O)C(C(=O)N[C@@H]3CCCc5ccccc53)C4)cc2)C[C@H]1C(=O)NC1CCCc2ccccc21)C(C)(C)C)N(C)C(=O)OC(C)(C)C. The molecular formula is C76H101N9O14S. The Kier molecular flexibility index (Phi) is 24.8. The Labute approximate surface area is 592 Å². The number of carbonyl (C=O) groups excluding carboxylic acids is 11. The Morgan fingerprint density at radius 3 is 1.69 bits per heavy atom. The van der Waals surface area contributed by atoms with Crippen LogP contribution in [-0.4, -0.2) is 171 Å². The van der Waals surface area contributed by atoms with Crippen molar-refractivity contribution in [3.63, 3.8) is 0 Å². The molecule has 9 amide bonds. The summed E-state index contributed by atoms with van der Waals surface area (Å²) in [5.41, 5.74) is 3.92. The van der Waals surface area contributed by atoms with Crippen LogP contribution in [0.25, 0.3) is 0 Å². The van der Waals surface area contributed by atoms with Crippen molar-refractivity contribution in [2.45, 2.75) is 219 Å². The first-order valence-electron chi connectivity index (χ1n) is 34.6. The number of carbonyl (C=O) groups is 11. The zero-order valence-electron chi connectivity index (χ0n) is 60.5. The molecule has 4 aromatic carbocycles. The molecule has 24 heteroatoms. The van der Waals surface area contributed by atoms with Crippen LogP contribution in [0.5, 0.6) is 0 Å². The number of thioether (sulfide) groups is 1. The molecule has 23 nitrogen and oxygen atoms in total. The Hall–Kier alpha value is -8.80. The molecule has 4 aliphatic rings. The van der Waals surface area contributed by atoms with Crippen LogP contribution in [0.15, 0.2) is 91.0 Å². The molecule has 3 unspecified atom stereocenters. The van der Waals surface area contributed by atoms with E-state index < -0.39 is 117 Å². The minimum atomic E-state index is -1.31. The summed E-state index contributed by atoms with van der Waals surface area (Å²) in [6.07, 6.45) is 3.26. The van der Waals surface area contributed by atoms with Gasteiger partial charge in [0.25, 0.3) is 18.3 Å². The first-order valence-corrected chi connectivity index (χ1v) is 35.6. The van der Waals surface area contributed by atoms with Gasteiger partial charge < -0.3 is 55.5 Å². The van der Waals surface area contributed by atoms with Crippen molar-refractivity contribution in [1.82, 2.24) is 40.9 Å². The molecule has 8 rings (SSSR count). The summed E-state index contributed by atoms with van der Waals surface area (Å²) in [5.74, 6) is -4.58. The summed E-state index contributed by atoms with van der Waals surface area (Å²) in [6, 6.07) is 20.3. The van der Waals surface area contributed by atoms with Gasteiger partial charge in [0.2, 0.25) is 29.5 Å². The summed E-state index contributed by atoms with van der Waals surface area (Å²) < 4.78 is 15.0. The van der Waals surface area contributed by atoms with Gasteiger partial charge in [0, 0.05) is 79.3 Å². The van der Waals surface area contributed by atoms with Gasteiger partial charge in [0.15, 0.2) is 5.78 Å². The monoisotopic (exact) mass is 1400 g/mol. The smallest absolute Gasteiger partial charge is 0.410 e. The number of aryl methyl sites for hydroxylation is 2. The van der Waals surface area contributed by atoms with Gasteiger partial charge in [0.05, 0.1) is 18.1 Å². The van der Waals surface area contributed by atoms with Crippen LogP contribution in [0.4, 0.5) is 15.3 Å². The van der Waals surface area contributed by atoms with Crippen LogP contribution in [0.1, 0.15) is 195 Å². The predicted molar refractivity (Wildman–Crippen MR) is 381 cm³/mol. The van der Waals surface area contributed by atoms with Crippen molar-refractivity contribution >= 4 is 83.2 Å². The number of likely N-dealkylation sites (N-methyl/N-ethyl adjacent to an activating group) is 2. The second-order valence-electron chi connectivity index (χ2n) is 30.4. The van der Waals surface area contributed by atoms with E-state index in [0.717, 1.165) is 58.4 Å². The van der Waals surface area contributed by atoms with Crippen molar-refractivity contribution in [2.24, 2.45) is 11.3 Å².